The lowest BCUT2D eigenvalue weighted by Gasteiger charge is -2.41. The molecule has 1 aromatic carbocycles. The third-order valence-corrected chi connectivity index (χ3v) is 7.72. The van der Waals surface area contributed by atoms with Crippen LogP contribution in [0.4, 0.5) is 5.69 Å². The van der Waals surface area contributed by atoms with Crippen LogP contribution in [0.5, 0.6) is 0 Å². The van der Waals surface area contributed by atoms with Crippen molar-refractivity contribution in [2.45, 2.75) is 30.4 Å². The van der Waals surface area contributed by atoms with E-state index in [0.29, 0.717) is 5.69 Å². The van der Waals surface area contributed by atoms with E-state index in [-0.39, 0.29) is 23.5 Å². The second kappa shape index (κ2) is 9.19. The van der Waals surface area contributed by atoms with Gasteiger partial charge in [-0.3, -0.25) is 4.90 Å². The average Bonchev–Trinajstić information content (AvgIpc) is 3.15. The molecule has 3 rings (SSSR count). The van der Waals surface area contributed by atoms with Gasteiger partial charge in [-0.2, -0.15) is 0 Å². The predicted molar refractivity (Wildman–Crippen MR) is 117 cm³/mol. The lowest BCUT2D eigenvalue weighted by molar-refractivity contribution is 0.105. The van der Waals surface area contributed by atoms with Crippen molar-refractivity contribution in [1.82, 2.24) is 19.5 Å². The van der Waals surface area contributed by atoms with Crippen molar-refractivity contribution in [2.24, 2.45) is 0 Å². The van der Waals surface area contributed by atoms with Gasteiger partial charge in [0.15, 0.2) is 0 Å². The number of thiazole rings is 1. The Morgan fingerprint density at radius 2 is 2.14 bits per heavy atom. The quantitative estimate of drug-likeness (QED) is 0.624. The Kier molecular flexibility index (Phi) is 7.11. The number of aromatic nitrogens is 1. The van der Waals surface area contributed by atoms with E-state index >= 15 is 0 Å². The Labute approximate surface area is 179 Å². The first-order valence-electron chi connectivity index (χ1n) is 9.09. The summed E-state index contributed by atoms with van der Waals surface area (Å²) in [6, 6.07) is 5.56. The third kappa shape index (κ3) is 5.31. The first kappa shape index (κ1) is 21.7. The maximum absolute atomic E-state index is 12.9. The van der Waals surface area contributed by atoms with E-state index < -0.39 is 10.0 Å². The number of nitrogens with zero attached hydrogens (tertiary/aromatic N) is 3. The van der Waals surface area contributed by atoms with Crippen molar-refractivity contribution in [3.05, 3.63) is 39.3 Å². The largest absolute Gasteiger partial charge is 0.380 e. The molecule has 1 fully saturated rings. The van der Waals surface area contributed by atoms with E-state index in [4.69, 9.17) is 0 Å². The van der Waals surface area contributed by atoms with Gasteiger partial charge in [0.1, 0.15) is 9.90 Å². The Hall–Kier alpha value is -1.04. The van der Waals surface area contributed by atoms with Crippen LogP contribution < -0.4 is 10.0 Å². The number of anilines is 1. The van der Waals surface area contributed by atoms with Crippen molar-refractivity contribution < 1.29 is 8.42 Å². The molecule has 2 aromatic rings. The number of nitrogens with one attached hydrogen (secondary N) is 2. The van der Waals surface area contributed by atoms with Crippen molar-refractivity contribution in [3.63, 3.8) is 0 Å². The molecule has 0 spiro atoms. The van der Waals surface area contributed by atoms with Crippen LogP contribution in [0.15, 0.2) is 39.1 Å². The summed E-state index contributed by atoms with van der Waals surface area (Å²) < 4.78 is 29.3. The molecule has 0 bridgehead atoms. The highest BCUT2D eigenvalue weighted by molar-refractivity contribution is 9.10. The molecule has 1 aromatic heterocycles. The summed E-state index contributed by atoms with van der Waals surface area (Å²) in [5, 5.41) is 6.00. The van der Waals surface area contributed by atoms with Crippen LogP contribution in [0, 0.1) is 0 Å². The SMILES string of the molecule is CC(Nc1cc(Br)ccc1S(=O)(=O)NCc1nccs1)C1CN(C)CCN1C. The van der Waals surface area contributed by atoms with Crippen LogP contribution in [-0.2, 0) is 16.6 Å². The Balaban J connectivity index is 1.80. The summed E-state index contributed by atoms with van der Waals surface area (Å²) in [6.07, 6.45) is 1.67. The molecule has 1 aliphatic heterocycles. The Morgan fingerprint density at radius 3 is 2.86 bits per heavy atom. The van der Waals surface area contributed by atoms with E-state index in [9.17, 15) is 8.42 Å². The molecule has 2 N–H and O–H groups in total. The molecule has 7 nitrogen and oxygen atoms in total. The number of sulfonamides is 1. The molecule has 2 atom stereocenters. The van der Waals surface area contributed by atoms with Gasteiger partial charge in [0, 0.05) is 47.8 Å². The monoisotopic (exact) mass is 487 g/mol. The zero-order valence-corrected chi connectivity index (χ0v) is 19.4. The van der Waals surface area contributed by atoms with Crippen molar-refractivity contribution in [2.75, 3.05) is 39.0 Å². The lowest BCUT2D eigenvalue weighted by Crippen LogP contribution is -2.56. The molecule has 0 saturated carbocycles. The highest BCUT2D eigenvalue weighted by Gasteiger charge is 2.28. The minimum Gasteiger partial charge on any atom is -0.380 e. The van der Waals surface area contributed by atoms with Crippen LogP contribution in [0.2, 0.25) is 0 Å². The van der Waals surface area contributed by atoms with Crippen molar-refractivity contribution in [3.8, 4) is 0 Å². The number of hydrogen-bond donors (Lipinski definition) is 2. The third-order valence-electron chi connectivity index (χ3n) is 4.99. The molecule has 10 heteroatoms. The molecule has 28 heavy (non-hydrogen) atoms. The average molecular weight is 488 g/mol. The van der Waals surface area contributed by atoms with Crippen molar-refractivity contribution >= 4 is 43.0 Å². The molecular weight excluding hydrogens is 462 g/mol. The lowest BCUT2D eigenvalue weighted by atomic mass is 10.1. The summed E-state index contributed by atoms with van der Waals surface area (Å²) in [7, 11) is 0.555. The maximum Gasteiger partial charge on any atom is 0.243 e. The molecular formula is C18H26BrN5O2S2. The Bertz CT molecular complexity index is 891. The second-order valence-corrected chi connectivity index (χ2v) is 10.8. The fraction of sp³-hybridized carbons (Fsp3) is 0.500. The van der Waals surface area contributed by atoms with Crippen LogP contribution in [0.3, 0.4) is 0 Å². The second-order valence-electron chi connectivity index (χ2n) is 7.13. The summed E-state index contributed by atoms with van der Waals surface area (Å²) >= 11 is 4.88. The van der Waals surface area contributed by atoms with E-state index in [1.165, 1.54) is 11.3 Å². The molecule has 1 saturated heterocycles. The van der Waals surface area contributed by atoms with E-state index in [1.807, 2.05) is 11.4 Å². The molecule has 2 unspecified atom stereocenters. The zero-order chi connectivity index (χ0) is 20.3. The number of piperazine rings is 1. The van der Waals surface area contributed by atoms with E-state index in [1.54, 1.807) is 18.3 Å². The Morgan fingerprint density at radius 1 is 1.36 bits per heavy atom. The minimum absolute atomic E-state index is 0.0787. The molecule has 0 radical (unpaired) electrons. The standard InChI is InChI=1S/C18H26BrN5O2S2/c1-13(16-12-23(2)7-8-24(16)3)22-15-10-14(19)4-5-17(15)28(25,26)21-11-18-20-6-9-27-18/h4-6,9-10,13,16,21-22H,7-8,11-12H2,1-3H3. The van der Waals surface area contributed by atoms with Crippen LogP contribution in [-0.4, -0.2) is 69.0 Å². The normalized spacial score (nSPS) is 20.2. The summed E-state index contributed by atoms with van der Waals surface area (Å²) in [4.78, 5) is 9.00. The van der Waals surface area contributed by atoms with Gasteiger partial charge in [-0.1, -0.05) is 15.9 Å². The highest BCUT2D eigenvalue weighted by Crippen LogP contribution is 2.27. The van der Waals surface area contributed by atoms with Crippen LogP contribution in [0.1, 0.15) is 11.9 Å². The van der Waals surface area contributed by atoms with Crippen LogP contribution >= 0.6 is 27.3 Å². The van der Waals surface area contributed by atoms with Gasteiger partial charge in [0.25, 0.3) is 0 Å². The topological polar surface area (TPSA) is 77.6 Å². The van der Waals surface area contributed by atoms with Gasteiger partial charge in [-0.05, 0) is 39.2 Å². The number of rotatable bonds is 7. The minimum atomic E-state index is -3.68. The first-order valence-corrected chi connectivity index (χ1v) is 12.2. The maximum atomic E-state index is 12.9. The van der Waals surface area contributed by atoms with Crippen LogP contribution in [0.25, 0.3) is 0 Å². The van der Waals surface area contributed by atoms with Gasteiger partial charge in [0.05, 0.1) is 12.2 Å². The van der Waals surface area contributed by atoms with E-state index in [2.05, 4.69) is 61.8 Å². The summed E-state index contributed by atoms with van der Waals surface area (Å²) in [5.41, 5.74) is 0.593. The van der Waals surface area contributed by atoms with E-state index in [0.717, 1.165) is 29.1 Å². The first-order chi connectivity index (χ1) is 13.3. The fourth-order valence-electron chi connectivity index (χ4n) is 3.35. The van der Waals surface area contributed by atoms with Crippen molar-refractivity contribution in [1.29, 1.82) is 0 Å². The summed E-state index contributed by atoms with van der Waals surface area (Å²) in [6.45, 7) is 5.24. The predicted octanol–water partition coefficient (Wildman–Crippen LogP) is 2.43. The van der Waals surface area contributed by atoms with Gasteiger partial charge in [-0.25, -0.2) is 18.1 Å². The zero-order valence-electron chi connectivity index (χ0n) is 16.2. The summed E-state index contributed by atoms with van der Waals surface area (Å²) in [5.74, 6) is 0. The molecule has 1 aliphatic rings. The van der Waals surface area contributed by atoms with Gasteiger partial charge < -0.3 is 10.2 Å². The van der Waals surface area contributed by atoms with Gasteiger partial charge >= 0.3 is 0 Å². The fourth-order valence-corrected chi connectivity index (χ4v) is 5.49. The number of hydrogen-bond acceptors (Lipinski definition) is 7. The molecule has 0 amide bonds. The number of halogens is 1. The van der Waals surface area contributed by atoms with Gasteiger partial charge in [0.2, 0.25) is 10.0 Å². The number of benzene rings is 1. The molecule has 0 aliphatic carbocycles. The number of likely N-dealkylation sites (N-methyl/N-ethyl adjacent to an activating group) is 2. The van der Waals surface area contributed by atoms with Gasteiger partial charge in [-0.15, -0.1) is 11.3 Å². The molecule has 2 heterocycles. The molecule has 154 valence electrons. The smallest absolute Gasteiger partial charge is 0.243 e. The highest BCUT2D eigenvalue weighted by atomic mass is 79.9.